The van der Waals surface area contributed by atoms with Crippen molar-refractivity contribution in [1.29, 1.82) is 0 Å². The van der Waals surface area contributed by atoms with Crippen LogP contribution in [-0.2, 0) is 10.0 Å². The van der Waals surface area contributed by atoms with Crippen LogP contribution in [-0.4, -0.2) is 25.8 Å². The van der Waals surface area contributed by atoms with E-state index < -0.39 is 10.0 Å². The van der Waals surface area contributed by atoms with E-state index in [9.17, 15) is 8.42 Å². The van der Waals surface area contributed by atoms with Crippen molar-refractivity contribution >= 4 is 10.0 Å². The Morgan fingerprint density at radius 3 is 2.45 bits per heavy atom. The van der Waals surface area contributed by atoms with Crippen molar-refractivity contribution < 1.29 is 8.42 Å². The first-order valence-corrected chi connectivity index (χ1v) is 8.00. The second-order valence-corrected chi connectivity index (χ2v) is 6.71. The molecule has 1 unspecified atom stereocenters. The maximum atomic E-state index is 12.6. The van der Waals surface area contributed by atoms with Gasteiger partial charge in [-0.15, -0.1) is 12.3 Å². The number of aryl methyl sites for hydroxylation is 1. The van der Waals surface area contributed by atoms with Crippen molar-refractivity contribution in [2.24, 2.45) is 5.92 Å². The first kappa shape index (κ1) is 16.5. The summed E-state index contributed by atoms with van der Waals surface area (Å²) in [6.45, 7) is 6.28. The fraction of sp³-hybridized carbons (Fsp3) is 0.375. The summed E-state index contributed by atoms with van der Waals surface area (Å²) in [7, 11) is -3.51. The number of allylic oxidation sites excluding steroid dienone is 1. The summed E-state index contributed by atoms with van der Waals surface area (Å²) in [6, 6.07) is 6.86. The molecule has 0 saturated heterocycles. The number of sulfonamides is 1. The number of rotatable bonds is 6. The Labute approximate surface area is 122 Å². The molecule has 3 nitrogen and oxygen atoms in total. The average Bonchev–Trinajstić information content (AvgIpc) is 2.43. The highest BCUT2D eigenvalue weighted by atomic mass is 32.2. The van der Waals surface area contributed by atoms with Crippen LogP contribution in [0.5, 0.6) is 0 Å². The summed E-state index contributed by atoms with van der Waals surface area (Å²) in [5.74, 6) is 2.45. The highest BCUT2D eigenvalue weighted by Crippen LogP contribution is 2.17. The van der Waals surface area contributed by atoms with Crippen LogP contribution >= 0.6 is 0 Å². The van der Waals surface area contributed by atoms with E-state index in [0.29, 0.717) is 18.0 Å². The lowest BCUT2D eigenvalue weighted by atomic mass is 10.2. The second-order valence-electron chi connectivity index (χ2n) is 4.77. The summed E-state index contributed by atoms with van der Waals surface area (Å²) in [5.41, 5.74) is 1.03. The van der Waals surface area contributed by atoms with Gasteiger partial charge in [0.05, 0.1) is 4.90 Å². The molecule has 0 saturated carbocycles. The number of hydrogen-bond donors (Lipinski definition) is 0. The van der Waals surface area contributed by atoms with Crippen molar-refractivity contribution in [3.8, 4) is 12.3 Å². The standard InChI is InChI=1S/C16H21NO2S/c1-5-7-12-17(13-14(3)6-2)20(18,19)16-10-8-15(4)9-11-16/h2,5,7-11,14H,12-13H2,1,3-4H3/b7-5+. The van der Waals surface area contributed by atoms with Crippen LogP contribution in [0.3, 0.4) is 0 Å². The third kappa shape index (κ3) is 4.22. The summed E-state index contributed by atoms with van der Waals surface area (Å²) in [4.78, 5) is 0.303. The quantitative estimate of drug-likeness (QED) is 0.597. The average molecular weight is 291 g/mol. The van der Waals surface area contributed by atoms with E-state index in [1.807, 2.05) is 32.9 Å². The van der Waals surface area contributed by atoms with Gasteiger partial charge in [0, 0.05) is 19.0 Å². The molecule has 4 heteroatoms. The molecule has 108 valence electrons. The zero-order valence-electron chi connectivity index (χ0n) is 12.2. The summed E-state index contributed by atoms with van der Waals surface area (Å²) < 4.78 is 26.7. The van der Waals surface area contributed by atoms with E-state index in [4.69, 9.17) is 6.42 Å². The zero-order chi connectivity index (χ0) is 15.2. The predicted molar refractivity (Wildman–Crippen MR) is 82.7 cm³/mol. The van der Waals surface area contributed by atoms with Crippen LogP contribution in [0.25, 0.3) is 0 Å². The molecule has 20 heavy (non-hydrogen) atoms. The summed E-state index contributed by atoms with van der Waals surface area (Å²) >= 11 is 0. The van der Waals surface area contributed by atoms with Gasteiger partial charge in [-0.25, -0.2) is 8.42 Å². The topological polar surface area (TPSA) is 37.4 Å². The molecule has 1 rings (SSSR count). The van der Waals surface area contributed by atoms with Gasteiger partial charge < -0.3 is 0 Å². The molecule has 0 aromatic heterocycles. The van der Waals surface area contributed by atoms with E-state index in [1.54, 1.807) is 24.3 Å². The van der Waals surface area contributed by atoms with Crippen molar-refractivity contribution in [1.82, 2.24) is 4.31 Å². The number of terminal acetylenes is 1. The smallest absolute Gasteiger partial charge is 0.207 e. The third-order valence-corrected chi connectivity index (χ3v) is 4.81. The Hall–Kier alpha value is -1.57. The van der Waals surface area contributed by atoms with E-state index in [-0.39, 0.29) is 5.92 Å². The number of benzene rings is 1. The van der Waals surface area contributed by atoms with Gasteiger partial charge in [-0.2, -0.15) is 4.31 Å². The Morgan fingerprint density at radius 2 is 1.95 bits per heavy atom. The van der Waals surface area contributed by atoms with E-state index in [0.717, 1.165) is 5.56 Å². The van der Waals surface area contributed by atoms with Gasteiger partial charge in [0.2, 0.25) is 10.0 Å². The Kier molecular flexibility index (Phi) is 6.00. The molecule has 0 amide bonds. The second kappa shape index (κ2) is 7.28. The monoisotopic (exact) mass is 291 g/mol. The van der Waals surface area contributed by atoms with Crippen molar-refractivity contribution in [2.75, 3.05) is 13.1 Å². The van der Waals surface area contributed by atoms with Gasteiger partial charge in [0.15, 0.2) is 0 Å². The molecule has 0 N–H and O–H groups in total. The first-order valence-electron chi connectivity index (χ1n) is 6.56. The van der Waals surface area contributed by atoms with Crippen molar-refractivity contribution in [3.05, 3.63) is 42.0 Å². The van der Waals surface area contributed by atoms with Gasteiger partial charge in [-0.05, 0) is 26.0 Å². The lowest BCUT2D eigenvalue weighted by Gasteiger charge is -2.22. The normalized spacial score (nSPS) is 13.6. The van der Waals surface area contributed by atoms with Crippen molar-refractivity contribution in [2.45, 2.75) is 25.7 Å². The minimum Gasteiger partial charge on any atom is -0.207 e. The van der Waals surface area contributed by atoms with E-state index in [2.05, 4.69) is 5.92 Å². The maximum Gasteiger partial charge on any atom is 0.243 e. The minimum absolute atomic E-state index is 0.125. The highest BCUT2D eigenvalue weighted by molar-refractivity contribution is 7.89. The van der Waals surface area contributed by atoms with Gasteiger partial charge in [-0.3, -0.25) is 0 Å². The van der Waals surface area contributed by atoms with Gasteiger partial charge in [0.1, 0.15) is 0 Å². The molecule has 0 aliphatic carbocycles. The molecule has 0 bridgehead atoms. The third-order valence-electron chi connectivity index (χ3n) is 2.97. The summed E-state index contributed by atoms with van der Waals surface area (Å²) in [5, 5.41) is 0. The Balaban J connectivity index is 3.10. The first-order chi connectivity index (χ1) is 9.41. The molecule has 0 radical (unpaired) electrons. The number of hydrogen-bond acceptors (Lipinski definition) is 2. The number of nitrogens with zero attached hydrogens (tertiary/aromatic N) is 1. The minimum atomic E-state index is -3.51. The fourth-order valence-corrected chi connectivity index (χ4v) is 3.19. The molecular weight excluding hydrogens is 270 g/mol. The lowest BCUT2D eigenvalue weighted by molar-refractivity contribution is 0.414. The van der Waals surface area contributed by atoms with Crippen LogP contribution in [0.4, 0.5) is 0 Å². The van der Waals surface area contributed by atoms with Crippen LogP contribution in [0, 0.1) is 25.2 Å². The molecule has 0 aliphatic rings. The molecule has 0 fully saturated rings. The molecule has 1 aromatic rings. The molecular formula is C16H21NO2S. The predicted octanol–water partition coefficient (Wildman–Crippen LogP) is 2.83. The Bertz CT molecular complexity index is 594. The largest absolute Gasteiger partial charge is 0.243 e. The highest BCUT2D eigenvalue weighted by Gasteiger charge is 2.24. The molecule has 0 heterocycles. The Morgan fingerprint density at radius 1 is 1.35 bits per heavy atom. The SMILES string of the molecule is C#CC(C)CN(C/C=C/C)S(=O)(=O)c1ccc(C)cc1. The zero-order valence-corrected chi connectivity index (χ0v) is 13.0. The maximum absolute atomic E-state index is 12.6. The summed E-state index contributed by atoms with van der Waals surface area (Å²) in [6.07, 6.45) is 9.01. The molecule has 1 aromatic carbocycles. The van der Waals surface area contributed by atoms with Crippen LogP contribution in [0.15, 0.2) is 41.3 Å². The van der Waals surface area contributed by atoms with E-state index >= 15 is 0 Å². The van der Waals surface area contributed by atoms with Gasteiger partial charge >= 0.3 is 0 Å². The van der Waals surface area contributed by atoms with Gasteiger partial charge in [0.25, 0.3) is 0 Å². The molecule has 0 spiro atoms. The van der Waals surface area contributed by atoms with Crippen LogP contribution in [0.2, 0.25) is 0 Å². The molecule has 1 atom stereocenters. The van der Waals surface area contributed by atoms with Crippen LogP contribution < -0.4 is 0 Å². The fourth-order valence-electron chi connectivity index (χ4n) is 1.71. The van der Waals surface area contributed by atoms with Crippen LogP contribution in [0.1, 0.15) is 19.4 Å². The lowest BCUT2D eigenvalue weighted by Crippen LogP contribution is -2.34. The van der Waals surface area contributed by atoms with Gasteiger partial charge in [-0.1, -0.05) is 36.8 Å². The van der Waals surface area contributed by atoms with E-state index in [1.165, 1.54) is 4.31 Å². The van der Waals surface area contributed by atoms with Crippen molar-refractivity contribution in [3.63, 3.8) is 0 Å². The molecule has 0 aliphatic heterocycles.